The standard InChI is InChI=1S/C11H15F2N3O3S/c1-7(5-11(14)15-17)16(2)20(18,19)8-3-4-9(12)10(13)6-8/h3-4,6-7,17H,5H2,1-2H3,(H2,14,15). The zero-order valence-electron chi connectivity index (χ0n) is 10.9. The Hall–Kier alpha value is -1.74. The van der Waals surface area contributed by atoms with Crippen LogP contribution in [0.25, 0.3) is 0 Å². The van der Waals surface area contributed by atoms with E-state index in [0.29, 0.717) is 6.07 Å². The molecule has 1 aromatic rings. The van der Waals surface area contributed by atoms with E-state index in [9.17, 15) is 17.2 Å². The molecule has 112 valence electrons. The Balaban J connectivity index is 3.06. The van der Waals surface area contributed by atoms with Crippen LogP contribution in [0.5, 0.6) is 0 Å². The van der Waals surface area contributed by atoms with Crippen molar-refractivity contribution in [3.05, 3.63) is 29.8 Å². The van der Waals surface area contributed by atoms with Crippen LogP contribution >= 0.6 is 0 Å². The highest BCUT2D eigenvalue weighted by atomic mass is 32.2. The summed E-state index contributed by atoms with van der Waals surface area (Å²) in [4.78, 5) is -0.370. The molecular formula is C11H15F2N3O3S. The van der Waals surface area contributed by atoms with Crippen LogP contribution in [0, 0.1) is 11.6 Å². The number of oxime groups is 1. The van der Waals surface area contributed by atoms with Crippen LogP contribution in [0.4, 0.5) is 8.78 Å². The van der Waals surface area contributed by atoms with E-state index in [1.807, 2.05) is 0 Å². The van der Waals surface area contributed by atoms with Gasteiger partial charge in [-0.05, 0) is 25.1 Å². The third-order valence-corrected chi connectivity index (χ3v) is 4.79. The number of amidine groups is 1. The summed E-state index contributed by atoms with van der Waals surface area (Å²) in [5.41, 5.74) is 5.31. The number of rotatable bonds is 5. The molecule has 1 rings (SSSR count). The van der Waals surface area contributed by atoms with Gasteiger partial charge in [-0.1, -0.05) is 5.16 Å². The predicted molar refractivity (Wildman–Crippen MR) is 68.8 cm³/mol. The van der Waals surface area contributed by atoms with E-state index >= 15 is 0 Å². The zero-order valence-corrected chi connectivity index (χ0v) is 11.7. The Labute approximate surface area is 115 Å². The van der Waals surface area contributed by atoms with Crippen molar-refractivity contribution >= 4 is 15.9 Å². The van der Waals surface area contributed by atoms with Gasteiger partial charge in [-0.2, -0.15) is 4.31 Å². The first-order valence-corrected chi connectivity index (χ1v) is 7.03. The fraction of sp³-hybridized carbons (Fsp3) is 0.364. The van der Waals surface area contributed by atoms with Crippen molar-refractivity contribution < 1.29 is 22.4 Å². The largest absolute Gasteiger partial charge is 0.409 e. The van der Waals surface area contributed by atoms with Crippen LogP contribution < -0.4 is 5.73 Å². The molecule has 0 amide bonds. The van der Waals surface area contributed by atoms with Gasteiger partial charge in [0.25, 0.3) is 0 Å². The lowest BCUT2D eigenvalue weighted by atomic mass is 10.2. The molecule has 0 bridgehead atoms. The highest BCUT2D eigenvalue weighted by Crippen LogP contribution is 2.20. The van der Waals surface area contributed by atoms with Crippen LogP contribution in [0.1, 0.15) is 13.3 Å². The van der Waals surface area contributed by atoms with Crippen molar-refractivity contribution in [1.29, 1.82) is 0 Å². The maximum atomic E-state index is 13.1. The highest BCUT2D eigenvalue weighted by molar-refractivity contribution is 7.89. The highest BCUT2D eigenvalue weighted by Gasteiger charge is 2.26. The molecule has 0 heterocycles. The number of hydrogen-bond acceptors (Lipinski definition) is 4. The second-order valence-electron chi connectivity index (χ2n) is 4.24. The molecule has 0 saturated carbocycles. The Kier molecular flexibility index (Phi) is 5.01. The molecule has 3 N–H and O–H groups in total. The van der Waals surface area contributed by atoms with E-state index in [4.69, 9.17) is 10.9 Å². The van der Waals surface area contributed by atoms with Crippen LogP contribution in [0.2, 0.25) is 0 Å². The van der Waals surface area contributed by atoms with Gasteiger partial charge in [-0.25, -0.2) is 17.2 Å². The summed E-state index contributed by atoms with van der Waals surface area (Å²) in [5.74, 6) is -2.51. The number of sulfonamides is 1. The van der Waals surface area contributed by atoms with Crippen LogP contribution in [0.3, 0.4) is 0 Å². The first kappa shape index (κ1) is 16.3. The van der Waals surface area contributed by atoms with Gasteiger partial charge in [0.05, 0.1) is 4.90 Å². The van der Waals surface area contributed by atoms with Crippen molar-refractivity contribution in [3.63, 3.8) is 0 Å². The first-order valence-electron chi connectivity index (χ1n) is 5.59. The minimum absolute atomic E-state index is 0.00406. The van der Waals surface area contributed by atoms with E-state index in [2.05, 4.69) is 5.16 Å². The number of nitrogens with two attached hydrogens (primary N) is 1. The van der Waals surface area contributed by atoms with Gasteiger partial charge in [0, 0.05) is 19.5 Å². The molecule has 0 radical (unpaired) electrons. The Morgan fingerprint density at radius 1 is 1.45 bits per heavy atom. The van der Waals surface area contributed by atoms with Crippen LogP contribution in [0.15, 0.2) is 28.3 Å². The molecule has 0 aliphatic rings. The van der Waals surface area contributed by atoms with Gasteiger partial charge in [0.15, 0.2) is 11.6 Å². The van der Waals surface area contributed by atoms with Crippen molar-refractivity contribution in [2.24, 2.45) is 10.9 Å². The summed E-state index contributed by atoms with van der Waals surface area (Å²) in [6, 6.07) is 1.70. The van der Waals surface area contributed by atoms with Gasteiger partial charge in [-0.3, -0.25) is 0 Å². The second-order valence-corrected chi connectivity index (χ2v) is 6.24. The quantitative estimate of drug-likeness (QED) is 0.368. The summed E-state index contributed by atoms with van der Waals surface area (Å²) in [5, 5.41) is 11.2. The van der Waals surface area contributed by atoms with Gasteiger partial charge in [-0.15, -0.1) is 0 Å². The zero-order chi connectivity index (χ0) is 15.5. The van der Waals surface area contributed by atoms with Crippen LogP contribution in [-0.2, 0) is 10.0 Å². The molecule has 6 nitrogen and oxygen atoms in total. The number of nitrogens with zero attached hydrogens (tertiary/aromatic N) is 2. The van der Waals surface area contributed by atoms with Crippen LogP contribution in [-0.4, -0.2) is 36.9 Å². The van der Waals surface area contributed by atoms with E-state index in [1.165, 1.54) is 14.0 Å². The Morgan fingerprint density at radius 3 is 2.55 bits per heavy atom. The van der Waals surface area contributed by atoms with Gasteiger partial charge in [0.1, 0.15) is 5.84 Å². The fourth-order valence-corrected chi connectivity index (χ4v) is 2.89. The summed E-state index contributed by atoms with van der Waals surface area (Å²) in [6.07, 6.45) is -0.00406. The monoisotopic (exact) mass is 307 g/mol. The fourth-order valence-electron chi connectivity index (χ4n) is 1.51. The maximum absolute atomic E-state index is 13.1. The summed E-state index contributed by atoms with van der Waals surface area (Å²) >= 11 is 0. The maximum Gasteiger partial charge on any atom is 0.243 e. The molecule has 0 aliphatic carbocycles. The van der Waals surface area contributed by atoms with Gasteiger partial charge in [0.2, 0.25) is 10.0 Å². The number of hydrogen-bond donors (Lipinski definition) is 2. The molecule has 20 heavy (non-hydrogen) atoms. The molecule has 0 aromatic heterocycles. The molecule has 0 fully saturated rings. The third kappa shape index (κ3) is 3.42. The molecule has 9 heteroatoms. The molecule has 0 aliphatic heterocycles. The average molecular weight is 307 g/mol. The molecule has 0 spiro atoms. The summed E-state index contributed by atoms with van der Waals surface area (Å²) < 4.78 is 51.3. The molecule has 1 aromatic carbocycles. The molecule has 0 saturated heterocycles. The topological polar surface area (TPSA) is 96.0 Å². The van der Waals surface area contributed by atoms with E-state index < -0.39 is 27.7 Å². The molecular weight excluding hydrogens is 292 g/mol. The smallest absolute Gasteiger partial charge is 0.243 e. The Morgan fingerprint density at radius 2 is 2.05 bits per heavy atom. The van der Waals surface area contributed by atoms with Gasteiger partial charge < -0.3 is 10.9 Å². The normalized spacial score (nSPS) is 14.6. The lowest BCUT2D eigenvalue weighted by Gasteiger charge is -2.23. The van der Waals surface area contributed by atoms with E-state index in [0.717, 1.165) is 16.4 Å². The Bertz CT molecular complexity index is 619. The summed E-state index contributed by atoms with van der Waals surface area (Å²) in [7, 11) is -2.73. The minimum Gasteiger partial charge on any atom is -0.409 e. The number of halogens is 2. The number of benzene rings is 1. The molecule has 1 unspecified atom stereocenters. The lowest BCUT2D eigenvalue weighted by Crippen LogP contribution is -2.37. The second kappa shape index (κ2) is 6.14. The third-order valence-electron chi connectivity index (χ3n) is 2.82. The van der Waals surface area contributed by atoms with Crippen molar-refractivity contribution in [2.75, 3.05) is 7.05 Å². The first-order chi connectivity index (χ1) is 9.20. The summed E-state index contributed by atoms with van der Waals surface area (Å²) in [6.45, 7) is 1.54. The molecule has 1 atom stereocenters. The minimum atomic E-state index is -4.00. The van der Waals surface area contributed by atoms with E-state index in [1.54, 1.807) is 0 Å². The van der Waals surface area contributed by atoms with Crippen molar-refractivity contribution in [3.8, 4) is 0 Å². The predicted octanol–water partition coefficient (Wildman–Crippen LogP) is 1.11. The van der Waals surface area contributed by atoms with Crippen molar-refractivity contribution in [2.45, 2.75) is 24.3 Å². The average Bonchev–Trinajstić information content (AvgIpc) is 2.40. The lowest BCUT2D eigenvalue weighted by molar-refractivity contribution is 0.313. The van der Waals surface area contributed by atoms with E-state index in [-0.39, 0.29) is 17.2 Å². The van der Waals surface area contributed by atoms with Gasteiger partial charge >= 0.3 is 0 Å². The SMILES string of the molecule is CC(CC(N)=NO)N(C)S(=O)(=O)c1ccc(F)c(F)c1. The van der Waals surface area contributed by atoms with Crippen molar-refractivity contribution in [1.82, 2.24) is 4.31 Å².